The predicted molar refractivity (Wildman–Crippen MR) is 139 cm³/mol. The molecule has 4 heterocycles. The van der Waals surface area contributed by atoms with Gasteiger partial charge in [-0.3, -0.25) is 0 Å². The van der Waals surface area contributed by atoms with E-state index in [1.807, 2.05) is 18.0 Å². The van der Waals surface area contributed by atoms with Crippen LogP contribution in [0.1, 0.15) is 39.3 Å². The van der Waals surface area contributed by atoms with Crippen molar-refractivity contribution in [1.82, 2.24) is 18.0 Å². The Bertz CT molecular complexity index is 1220. The van der Waals surface area contributed by atoms with E-state index in [2.05, 4.69) is 46.7 Å². The lowest BCUT2D eigenvalue weighted by atomic mass is 9.82. The second kappa shape index (κ2) is 10.1. The van der Waals surface area contributed by atoms with Crippen molar-refractivity contribution in [2.24, 2.45) is 5.41 Å². The highest BCUT2D eigenvalue weighted by molar-refractivity contribution is 7.91. The lowest BCUT2D eigenvalue weighted by Gasteiger charge is -2.37. The average Bonchev–Trinajstić information content (AvgIpc) is 3.56. The van der Waals surface area contributed by atoms with Gasteiger partial charge in [0.25, 0.3) is 10.0 Å². The Kier molecular flexibility index (Phi) is 7.44. The molecule has 1 fully saturated rings. The second-order valence-corrected chi connectivity index (χ2v) is 13.2. The Hall–Kier alpha value is -2.19. The maximum Gasteiger partial charge on any atom is 0.256 e. The van der Waals surface area contributed by atoms with Gasteiger partial charge in [-0.05, 0) is 18.0 Å². The topological polar surface area (TPSA) is 115 Å². The third-order valence-electron chi connectivity index (χ3n) is 6.21. The summed E-state index contributed by atoms with van der Waals surface area (Å²) in [6.45, 7) is 11.5. The molecule has 0 unspecified atom stereocenters. The quantitative estimate of drug-likeness (QED) is 0.434. The Morgan fingerprint density at radius 3 is 2.57 bits per heavy atom. The van der Waals surface area contributed by atoms with E-state index in [0.717, 1.165) is 35.2 Å². The van der Waals surface area contributed by atoms with Crippen molar-refractivity contribution in [3.63, 3.8) is 0 Å². The molecule has 35 heavy (non-hydrogen) atoms. The van der Waals surface area contributed by atoms with E-state index >= 15 is 0 Å². The van der Waals surface area contributed by atoms with Crippen LogP contribution in [-0.4, -0.2) is 71.2 Å². The van der Waals surface area contributed by atoms with Crippen LogP contribution < -0.4 is 10.2 Å². The predicted octanol–water partition coefficient (Wildman–Crippen LogP) is 4.19. The van der Waals surface area contributed by atoms with Gasteiger partial charge in [-0.1, -0.05) is 27.7 Å². The largest absolute Gasteiger partial charge is 0.504 e. The number of likely N-dealkylation sites (N-methyl/N-ethyl adjacent to an activating group) is 1. The summed E-state index contributed by atoms with van der Waals surface area (Å²) in [4.78, 5) is 4.22. The SMILES string of the molecule is CCN1CCN(S(=O)(=O)c2scc(Nc3nsnc3N(C)[C@@H](c3ccoc3)C(C)(C)C)c2O)CC1. The van der Waals surface area contributed by atoms with Gasteiger partial charge >= 0.3 is 0 Å². The maximum absolute atomic E-state index is 13.2. The number of hydrogen-bond acceptors (Lipinski definition) is 11. The third kappa shape index (κ3) is 5.19. The van der Waals surface area contributed by atoms with Crippen molar-refractivity contribution in [1.29, 1.82) is 0 Å². The molecule has 0 amide bonds. The van der Waals surface area contributed by atoms with Gasteiger partial charge in [0.2, 0.25) is 0 Å². The number of aromatic nitrogens is 2. The van der Waals surface area contributed by atoms with Crippen LogP contribution in [-0.2, 0) is 10.0 Å². The highest BCUT2D eigenvalue weighted by Gasteiger charge is 2.35. The summed E-state index contributed by atoms with van der Waals surface area (Å²) >= 11 is 2.05. The molecule has 3 aromatic heterocycles. The van der Waals surface area contributed by atoms with Gasteiger partial charge < -0.3 is 24.6 Å². The Morgan fingerprint density at radius 2 is 1.97 bits per heavy atom. The van der Waals surface area contributed by atoms with E-state index in [1.54, 1.807) is 17.9 Å². The van der Waals surface area contributed by atoms with Crippen molar-refractivity contribution in [2.75, 3.05) is 50.0 Å². The van der Waals surface area contributed by atoms with Crippen molar-refractivity contribution >= 4 is 50.4 Å². The Balaban J connectivity index is 1.57. The fourth-order valence-corrected chi connectivity index (χ4v) is 7.83. The van der Waals surface area contributed by atoms with Gasteiger partial charge in [0.15, 0.2) is 21.6 Å². The molecule has 10 nitrogen and oxygen atoms in total. The average molecular weight is 541 g/mol. The molecule has 0 aromatic carbocycles. The van der Waals surface area contributed by atoms with Crippen LogP contribution >= 0.6 is 23.1 Å². The van der Waals surface area contributed by atoms with Crippen molar-refractivity contribution in [3.8, 4) is 5.75 Å². The first-order chi connectivity index (χ1) is 16.5. The van der Waals surface area contributed by atoms with E-state index in [9.17, 15) is 13.5 Å². The number of sulfonamides is 1. The zero-order valence-corrected chi connectivity index (χ0v) is 23.0. The molecule has 0 saturated carbocycles. The molecule has 0 radical (unpaired) electrons. The fraction of sp³-hybridized carbons (Fsp3) is 0.545. The molecule has 1 aliphatic rings. The fourth-order valence-electron chi connectivity index (χ4n) is 4.49. The van der Waals surface area contributed by atoms with Gasteiger partial charge in [0.05, 0.1) is 36.0 Å². The number of thiophene rings is 1. The van der Waals surface area contributed by atoms with Gasteiger partial charge in [-0.25, -0.2) is 8.42 Å². The summed E-state index contributed by atoms with van der Waals surface area (Å²) in [5.74, 6) is 0.752. The van der Waals surface area contributed by atoms with Crippen LogP contribution in [0, 0.1) is 5.41 Å². The molecular weight excluding hydrogens is 508 g/mol. The summed E-state index contributed by atoms with van der Waals surface area (Å²) in [6.07, 6.45) is 3.37. The van der Waals surface area contributed by atoms with Crippen LogP contribution in [0.25, 0.3) is 0 Å². The van der Waals surface area contributed by atoms with Crippen LogP contribution in [0.4, 0.5) is 17.3 Å². The summed E-state index contributed by atoms with van der Waals surface area (Å²) in [7, 11) is -1.86. The highest BCUT2D eigenvalue weighted by Crippen LogP contribution is 2.44. The molecule has 0 bridgehead atoms. The standard InChI is InChI=1S/C22H32N6O4S3/c1-6-27-8-10-28(11-9-27)35(30,31)21-17(29)16(14-33-21)23-19-20(25-34-24-19)26(5)18(22(2,3)4)15-7-12-32-13-15/h7,12-14,18,29H,6,8-11H2,1-5H3,(H,23,24)/t18-/m0/s1. The minimum atomic E-state index is -3.79. The molecular formula is C22H32N6O4S3. The van der Waals surface area contributed by atoms with E-state index < -0.39 is 10.0 Å². The first kappa shape index (κ1) is 25.9. The third-order valence-corrected chi connectivity index (χ3v) is 10.1. The molecule has 2 N–H and O–H groups in total. The number of aromatic hydroxyl groups is 1. The lowest BCUT2D eigenvalue weighted by Crippen LogP contribution is -2.48. The molecule has 192 valence electrons. The van der Waals surface area contributed by atoms with Crippen molar-refractivity contribution in [2.45, 2.75) is 37.9 Å². The van der Waals surface area contributed by atoms with Crippen LogP contribution in [0.2, 0.25) is 0 Å². The van der Waals surface area contributed by atoms with Gasteiger partial charge in [-0.2, -0.15) is 13.1 Å². The summed E-state index contributed by atoms with van der Waals surface area (Å²) in [5.41, 5.74) is 1.15. The number of nitrogens with zero attached hydrogens (tertiary/aromatic N) is 5. The number of rotatable bonds is 8. The molecule has 13 heteroatoms. The maximum atomic E-state index is 13.2. The Labute approximate surface area is 214 Å². The van der Waals surface area contributed by atoms with E-state index in [-0.39, 0.29) is 21.4 Å². The van der Waals surface area contributed by atoms with Crippen molar-refractivity contribution in [3.05, 3.63) is 29.5 Å². The Morgan fingerprint density at radius 1 is 1.26 bits per heavy atom. The lowest BCUT2D eigenvalue weighted by molar-refractivity contribution is 0.196. The smallest absolute Gasteiger partial charge is 0.256 e. The molecule has 1 aliphatic heterocycles. The minimum absolute atomic E-state index is 0.0560. The number of nitrogens with one attached hydrogen (secondary N) is 1. The summed E-state index contributed by atoms with van der Waals surface area (Å²) in [6, 6.07) is 1.88. The minimum Gasteiger partial charge on any atom is -0.504 e. The van der Waals surface area contributed by atoms with Crippen molar-refractivity contribution < 1.29 is 17.9 Å². The molecule has 1 atom stereocenters. The molecule has 1 saturated heterocycles. The first-order valence-electron chi connectivity index (χ1n) is 11.4. The molecule has 0 spiro atoms. The molecule has 3 aromatic rings. The van der Waals surface area contributed by atoms with Gasteiger partial charge in [0, 0.05) is 44.2 Å². The van der Waals surface area contributed by atoms with Gasteiger partial charge in [0.1, 0.15) is 0 Å². The highest BCUT2D eigenvalue weighted by atomic mass is 32.2. The van der Waals surface area contributed by atoms with Crippen LogP contribution in [0.3, 0.4) is 0 Å². The monoisotopic (exact) mass is 540 g/mol. The van der Waals surface area contributed by atoms with E-state index in [0.29, 0.717) is 43.5 Å². The van der Waals surface area contributed by atoms with E-state index in [1.165, 1.54) is 4.31 Å². The molecule has 0 aliphatic carbocycles. The number of anilines is 3. The summed E-state index contributed by atoms with van der Waals surface area (Å²) < 4.78 is 42.0. The summed E-state index contributed by atoms with van der Waals surface area (Å²) in [5, 5.41) is 15.6. The number of piperazine rings is 1. The second-order valence-electron chi connectivity index (χ2n) is 9.62. The van der Waals surface area contributed by atoms with Crippen LogP contribution in [0.15, 0.2) is 32.6 Å². The van der Waals surface area contributed by atoms with Crippen LogP contribution in [0.5, 0.6) is 5.75 Å². The number of hydrogen-bond donors (Lipinski definition) is 2. The zero-order valence-electron chi connectivity index (χ0n) is 20.6. The van der Waals surface area contributed by atoms with E-state index in [4.69, 9.17) is 4.42 Å². The van der Waals surface area contributed by atoms with Gasteiger partial charge in [-0.15, -0.1) is 11.3 Å². The number of furan rings is 1. The normalized spacial score (nSPS) is 16.9. The first-order valence-corrected chi connectivity index (χ1v) is 14.5. The zero-order chi connectivity index (χ0) is 25.4. The molecule has 4 rings (SSSR count).